The average Bonchev–Trinajstić information content (AvgIpc) is 3.38. The highest BCUT2D eigenvalue weighted by Crippen LogP contribution is 2.41. The highest BCUT2D eigenvalue weighted by atomic mass is 19.4. The molecular formula is C25H29F3N4O3. The molecule has 2 aromatic rings. The van der Waals surface area contributed by atoms with Crippen molar-refractivity contribution in [2.45, 2.75) is 50.4 Å². The van der Waals surface area contributed by atoms with Crippen LogP contribution in [0.3, 0.4) is 0 Å². The molecule has 2 amide bonds. The summed E-state index contributed by atoms with van der Waals surface area (Å²) in [5.74, 6) is -1.56. The van der Waals surface area contributed by atoms with Gasteiger partial charge < -0.3 is 20.2 Å². The molecule has 7 nitrogen and oxygen atoms in total. The van der Waals surface area contributed by atoms with Gasteiger partial charge in [-0.1, -0.05) is 38.1 Å². The van der Waals surface area contributed by atoms with E-state index in [-0.39, 0.29) is 36.7 Å². The number of pyridine rings is 1. The van der Waals surface area contributed by atoms with Crippen molar-refractivity contribution in [3.63, 3.8) is 0 Å². The lowest BCUT2D eigenvalue weighted by molar-refractivity contribution is -0.191. The average molecular weight is 491 g/mol. The third-order valence-electron chi connectivity index (χ3n) is 7.27. The number of hydrogen-bond donors (Lipinski definition) is 2. The molecule has 0 saturated carbocycles. The zero-order valence-electron chi connectivity index (χ0n) is 19.8. The summed E-state index contributed by atoms with van der Waals surface area (Å²) in [5, 5.41) is 12.5. The largest absolute Gasteiger partial charge is 0.465 e. The Morgan fingerprint density at radius 2 is 1.94 bits per heavy atom. The Bertz CT molecular complexity index is 1100. The molecule has 2 N–H and O–H groups in total. The summed E-state index contributed by atoms with van der Waals surface area (Å²) in [6.07, 6.45) is -3.58. The van der Waals surface area contributed by atoms with Gasteiger partial charge in [-0.3, -0.25) is 9.78 Å². The van der Waals surface area contributed by atoms with Crippen molar-refractivity contribution >= 4 is 17.7 Å². The van der Waals surface area contributed by atoms with E-state index in [9.17, 15) is 22.8 Å². The first kappa shape index (κ1) is 24.8. The molecule has 2 heterocycles. The number of halogens is 3. The lowest BCUT2D eigenvalue weighted by Crippen LogP contribution is -2.43. The SMILES string of the molecule is CN(C(=O)[C@H]1CCN(C(=O)O)C1)C(c1ccc(N[C@H]2Cc3ccccc3C2(C)C)cn1)C(F)(F)F. The van der Waals surface area contributed by atoms with Gasteiger partial charge in [0.05, 0.1) is 23.5 Å². The molecule has 1 saturated heterocycles. The minimum atomic E-state index is -4.74. The summed E-state index contributed by atoms with van der Waals surface area (Å²) < 4.78 is 42.1. The number of carbonyl (C=O) groups is 2. The van der Waals surface area contributed by atoms with Gasteiger partial charge >= 0.3 is 12.3 Å². The van der Waals surface area contributed by atoms with Crippen LogP contribution in [0.1, 0.15) is 43.1 Å². The van der Waals surface area contributed by atoms with Crippen molar-refractivity contribution in [2.75, 3.05) is 25.5 Å². The highest BCUT2D eigenvalue weighted by Gasteiger charge is 2.48. The molecule has 0 bridgehead atoms. The number of alkyl halides is 3. The van der Waals surface area contributed by atoms with Crippen molar-refractivity contribution in [1.29, 1.82) is 0 Å². The van der Waals surface area contributed by atoms with Crippen LogP contribution in [0.25, 0.3) is 0 Å². The molecule has 10 heteroatoms. The van der Waals surface area contributed by atoms with Crippen LogP contribution in [-0.2, 0) is 16.6 Å². The van der Waals surface area contributed by atoms with Gasteiger partial charge in [0.25, 0.3) is 0 Å². The van der Waals surface area contributed by atoms with Crippen LogP contribution < -0.4 is 5.32 Å². The summed E-state index contributed by atoms with van der Waals surface area (Å²) in [7, 11) is 1.09. The molecule has 35 heavy (non-hydrogen) atoms. The van der Waals surface area contributed by atoms with Gasteiger partial charge in [-0.15, -0.1) is 0 Å². The number of aromatic nitrogens is 1. The van der Waals surface area contributed by atoms with Crippen molar-refractivity contribution < 1.29 is 27.9 Å². The minimum absolute atomic E-state index is 0.0507. The molecule has 1 fully saturated rings. The molecular weight excluding hydrogens is 461 g/mol. The molecule has 1 aliphatic heterocycles. The summed E-state index contributed by atoms with van der Waals surface area (Å²) in [6.45, 7) is 4.27. The number of fused-ring (bicyclic) bond motifs is 1. The maximum atomic E-state index is 14.0. The normalized spacial score (nSPS) is 21.9. The quantitative estimate of drug-likeness (QED) is 0.647. The van der Waals surface area contributed by atoms with Crippen molar-refractivity contribution in [3.8, 4) is 0 Å². The second-order valence-corrected chi connectivity index (χ2v) is 9.86. The van der Waals surface area contributed by atoms with E-state index in [1.807, 2.05) is 12.1 Å². The Labute approximate surface area is 201 Å². The van der Waals surface area contributed by atoms with Crippen LogP contribution in [0.2, 0.25) is 0 Å². The van der Waals surface area contributed by atoms with E-state index in [1.54, 1.807) is 6.07 Å². The van der Waals surface area contributed by atoms with Gasteiger partial charge in [0.1, 0.15) is 0 Å². The molecule has 3 atom stereocenters. The standard InChI is InChI=1S/C25H29F3N4O3/c1-24(2)18-7-5-4-6-15(18)12-20(24)30-17-8-9-19(29-13-17)21(25(26,27)28)31(3)22(33)16-10-11-32(14-16)23(34)35/h4-9,13,16,20-21,30H,10-12,14H2,1-3H3,(H,34,35)/t16-,20-,21?/m0/s1. The minimum Gasteiger partial charge on any atom is -0.465 e. The van der Waals surface area contributed by atoms with E-state index in [0.29, 0.717) is 10.6 Å². The summed E-state index contributed by atoms with van der Waals surface area (Å²) >= 11 is 0. The van der Waals surface area contributed by atoms with Crippen LogP contribution in [0.5, 0.6) is 0 Å². The smallest absolute Gasteiger partial charge is 0.414 e. The molecule has 188 valence electrons. The maximum absolute atomic E-state index is 14.0. The third kappa shape index (κ3) is 4.78. The first-order valence-corrected chi connectivity index (χ1v) is 11.5. The van der Waals surface area contributed by atoms with Crippen LogP contribution in [0, 0.1) is 5.92 Å². The van der Waals surface area contributed by atoms with Crippen LogP contribution in [-0.4, -0.2) is 64.2 Å². The van der Waals surface area contributed by atoms with Gasteiger partial charge in [-0.05, 0) is 36.1 Å². The topological polar surface area (TPSA) is 85.8 Å². The Hall–Kier alpha value is -3.30. The monoisotopic (exact) mass is 490 g/mol. The van der Waals surface area contributed by atoms with Crippen LogP contribution in [0.4, 0.5) is 23.7 Å². The predicted octanol–water partition coefficient (Wildman–Crippen LogP) is 4.46. The lowest BCUT2D eigenvalue weighted by atomic mass is 9.83. The second kappa shape index (κ2) is 9.05. The van der Waals surface area contributed by atoms with Crippen LogP contribution in [0.15, 0.2) is 42.6 Å². The lowest BCUT2D eigenvalue weighted by Gasteiger charge is -2.32. The Morgan fingerprint density at radius 3 is 2.51 bits per heavy atom. The number of nitrogens with one attached hydrogen (secondary N) is 1. The first-order chi connectivity index (χ1) is 16.4. The third-order valence-corrected chi connectivity index (χ3v) is 7.27. The number of carbonyl (C=O) groups excluding carboxylic acids is 1. The molecule has 4 rings (SSSR count). The van der Waals surface area contributed by atoms with Crippen LogP contribution >= 0.6 is 0 Å². The summed E-state index contributed by atoms with van der Waals surface area (Å²) in [6, 6.07) is 8.84. The number of likely N-dealkylation sites (tertiary alicyclic amines) is 1. The summed E-state index contributed by atoms with van der Waals surface area (Å²) in [5.41, 5.74) is 2.63. The number of benzene rings is 1. The number of rotatable bonds is 5. The van der Waals surface area contributed by atoms with E-state index >= 15 is 0 Å². The van der Waals surface area contributed by atoms with Gasteiger partial charge in [-0.2, -0.15) is 13.2 Å². The van der Waals surface area contributed by atoms with Crippen molar-refractivity contribution in [3.05, 3.63) is 59.4 Å². The fourth-order valence-corrected chi connectivity index (χ4v) is 5.21. The number of amides is 2. The zero-order chi connectivity index (χ0) is 25.5. The van der Waals surface area contributed by atoms with Crippen molar-refractivity contribution in [1.82, 2.24) is 14.8 Å². The summed E-state index contributed by atoms with van der Waals surface area (Å²) in [4.78, 5) is 29.7. The fraction of sp³-hybridized carbons (Fsp3) is 0.480. The Morgan fingerprint density at radius 1 is 1.23 bits per heavy atom. The van der Waals surface area contributed by atoms with E-state index in [1.165, 1.54) is 23.4 Å². The van der Waals surface area contributed by atoms with E-state index in [0.717, 1.165) is 18.4 Å². The second-order valence-electron chi connectivity index (χ2n) is 9.86. The van der Waals surface area contributed by atoms with E-state index in [2.05, 4.69) is 36.3 Å². The molecule has 0 spiro atoms. The van der Waals surface area contributed by atoms with E-state index < -0.39 is 30.1 Å². The Balaban J connectivity index is 1.50. The molecule has 1 aromatic heterocycles. The molecule has 2 aliphatic rings. The molecule has 0 radical (unpaired) electrons. The first-order valence-electron chi connectivity index (χ1n) is 11.5. The molecule has 1 aliphatic carbocycles. The number of hydrogen-bond acceptors (Lipinski definition) is 4. The Kier molecular flexibility index (Phi) is 6.42. The van der Waals surface area contributed by atoms with Gasteiger partial charge in [0.2, 0.25) is 5.91 Å². The zero-order valence-corrected chi connectivity index (χ0v) is 19.8. The fourth-order valence-electron chi connectivity index (χ4n) is 5.21. The van der Waals surface area contributed by atoms with E-state index in [4.69, 9.17) is 5.11 Å². The number of anilines is 1. The molecule has 1 unspecified atom stereocenters. The predicted molar refractivity (Wildman–Crippen MR) is 124 cm³/mol. The van der Waals surface area contributed by atoms with Gasteiger partial charge in [0, 0.05) is 31.6 Å². The van der Waals surface area contributed by atoms with Crippen molar-refractivity contribution in [2.24, 2.45) is 5.92 Å². The number of nitrogens with zero attached hydrogens (tertiary/aromatic N) is 3. The van der Waals surface area contributed by atoms with Gasteiger partial charge in [0.15, 0.2) is 6.04 Å². The highest BCUT2D eigenvalue weighted by molar-refractivity contribution is 5.80. The number of carboxylic acid groups (broad SMARTS) is 1. The maximum Gasteiger partial charge on any atom is 0.414 e. The molecule has 1 aromatic carbocycles. The van der Waals surface area contributed by atoms with Gasteiger partial charge in [-0.25, -0.2) is 4.79 Å².